The Morgan fingerprint density at radius 2 is 2.04 bits per heavy atom. The summed E-state index contributed by atoms with van der Waals surface area (Å²) in [6.07, 6.45) is 1.21. The van der Waals surface area contributed by atoms with Gasteiger partial charge in [-0.1, -0.05) is 19.9 Å². The van der Waals surface area contributed by atoms with E-state index in [0.29, 0.717) is 5.56 Å². The fourth-order valence-electron chi connectivity index (χ4n) is 2.62. The lowest BCUT2D eigenvalue weighted by Gasteiger charge is -2.24. The summed E-state index contributed by atoms with van der Waals surface area (Å²) in [5.74, 6) is -0.384. The van der Waals surface area contributed by atoms with Crippen LogP contribution in [0, 0.1) is 18.7 Å². The number of aliphatic hydroxyl groups is 1. The predicted molar refractivity (Wildman–Crippen MR) is 96.0 cm³/mol. The van der Waals surface area contributed by atoms with Crippen molar-refractivity contribution in [1.82, 2.24) is 10.3 Å². The number of aromatic nitrogens is 1. The number of nitrogens with one attached hydrogen (secondary N) is 2. The van der Waals surface area contributed by atoms with Gasteiger partial charge in [0.2, 0.25) is 0 Å². The fourth-order valence-corrected chi connectivity index (χ4v) is 2.62. The van der Waals surface area contributed by atoms with Gasteiger partial charge in [-0.2, -0.15) is 0 Å². The van der Waals surface area contributed by atoms with E-state index in [9.17, 15) is 9.18 Å². The van der Waals surface area contributed by atoms with Crippen molar-refractivity contribution in [3.63, 3.8) is 0 Å². The van der Waals surface area contributed by atoms with Crippen molar-refractivity contribution in [3.05, 3.63) is 59.2 Å². The number of pyridine rings is 1. The Morgan fingerprint density at radius 1 is 1.28 bits per heavy atom. The summed E-state index contributed by atoms with van der Waals surface area (Å²) in [5, 5.41) is 14.9. The second kappa shape index (κ2) is 8.58. The summed E-state index contributed by atoms with van der Waals surface area (Å²) >= 11 is 0. The third-order valence-electron chi connectivity index (χ3n) is 4.02. The van der Waals surface area contributed by atoms with E-state index in [2.05, 4.69) is 29.5 Å². The van der Waals surface area contributed by atoms with Crippen LogP contribution < -0.4 is 10.6 Å². The molecule has 0 radical (unpaired) electrons. The summed E-state index contributed by atoms with van der Waals surface area (Å²) in [4.78, 5) is 16.4. The molecule has 25 heavy (non-hydrogen) atoms. The zero-order valence-corrected chi connectivity index (χ0v) is 14.7. The minimum absolute atomic E-state index is 0.103. The van der Waals surface area contributed by atoms with Crippen molar-refractivity contribution < 1.29 is 14.3 Å². The van der Waals surface area contributed by atoms with Crippen LogP contribution in [0.4, 0.5) is 10.1 Å². The van der Waals surface area contributed by atoms with E-state index in [0.717, 1.165) is 16.9 Å². The highest BCUT2D eigenvalue weighted by atomic mass is 19.1. The molecule has 0 aliphatic carbocycles. The van der Waals surface area contributed by atoms with Crippen molar-refractivity contribution in [2.45, 2.75) is 26.8 Å². The molecule has 0 fully saturated rings. The lowest BCUT2D eigenvalue weighted by atomic mass is 9.98. The minimum Gasteiger partial charge on any atom is -0.395 e. The van der Waals surface area contributed by atoms with Gasteiger partial charge in [0, 0.05) is 17.8 Å². The summed E-state index contributed by atoms with van der Waals surface area (Å²) < 4.78 is 13.1. The normalized spacial score (nSPS) is 12.1. The van der Waals surface area contributed by atoms with E-state index < -0.39 is 0 Å². The van der Waals surface area contributed by atoms with Gasteiger partial charge in [0.15, 0.2) is 0 Å². The van der Waals surface area contributed by atoms with Crippen LogP contribution in [0.15, 0.2) is 36.5 Å². The van der Waals surface area contributed by atoms with E-state index in [1.165, 1.54) is 12.3 Å². The number of carbonyl (C=O) groups excluding carboxylic acids is 1. The van der Waals surface area contributed by atoms with Gasteiger partial charge in [-0.25, -0.2) is 4.39 Å². The first-order valence-corrected chi connectivity index (χ1v) is 8.30. The fraction of sp³-hybridized carbons (Fsp3) is 0.368. The number of rotatable bonds is 7. The van der Waals surface area contributed by atoms with Crippen LogP contribution in [-0.4, -0.2) is 29.1 Å². The molecule has 2 rings (SSSR count). The lowest BCUT2D eigenvalue weighted by molar-refractivity contribution is 0.0944. The lowest BCUT2D eigenvalue weighted by Crippen LogP contribution is -2.27. The minimum atomic E-state index is -0.370. The first kappa shape index (κ1) is 18.9. The molecule has 1 unspecified atom stereocenters. The summed E-state index contributed by atoms with van der Waals surface area (Å²) in [6, 6.07) is 8.39. The molecule has 0 spiro atoms. The molecule has 134 valence electrons. The second-order valence-corrected chi connectivity index (χ2v) is 6.22. The molecule has 1 aromatic heterocycles. The van der Waals surface area contributed by atoms with E-state index >= 15 is 0 Å². The first-order chi connectivity index (χ1) is 11.9. The van der Waals surface area contributed by atoms with Crippen molar-refractivity contribution in [3.8, 4) is 0 Å². The summed E-state index contributed by atoms with van der Waals surface area (Å²) in [7, 11) is 0. The number of aliphatic hydroxyl groups excluding tert-OH is 1. The van der Waals surface area contributed by atoms with Crippen LogP contribution in [0.5, 0.6) is 0 Å². The molecule has 0 aliphatic rings. The topological polar surface area (TPSA) is 74.2 Å². The van der Waals surface area contributed by atoms with Gasteiger partial charge in [0.05, 0.1) is 24.5 Å². The van der Waals surface area contributed by atoms with Gasteiger partial charge in [0.1, 0.15) is 5.82 Å². The second-order valence-electron chi connectivity index (χ2n) is 6.22. The van der Waals surface area contributed by atoms with Crippen LogP contribution in [0.3, 0.4) is 0 Å². The SMILES string of the molecule is Cc1c(NC(c2ccc(F)cn2)C(C)C)cccc1C(=O)NCCO. The van der Waals surface area contributed by atoms with Crippen molar-refractivity contribution >= 4 is 11.6 Å². The number of hydrogen-bond acceptors (Lipinski definition) is 4. The zero-order chi connectivity index (χ0) is 18.4. The highest BCUT2D eigenvalue weighted by Crippen LogP contribution is 2.28. The number of nitrogens with zero attached hydrogens (tertiary/aromatic N) is 1. The van der Waals surface area contributed by atoms with Gasteiger partial charge < -0.3 is 15.7 Å². The summed E-state index contributed by atoms with van der Waals surface area (Å²) in [5.41, 5.74) is 2.92. The molecule has 0 saturated heterocycles. The molecule has 0 aliphatic heterocycles. The smallest absolute Gasteiger partial charge is 0.251 e. The maximum absolute atomic E-state index is 13.1. The number of amides is 1. The molecular formula is C19H24FN3O2. The Kier molecular flexibility index (Phi) is 6.47. The van der Waals surface area contributed by atoms with E-state index in [4.69, 9.17) is 5.11 Å². The van der Waals surface area contributed by atoms with Crippen LogP contribution in [-0.2, 0) is 0 Å². The molecule has 5 nitrogen and oxygen atoms in total. The van der Waals surface area contributed by atoms with Crippen molar-refractivity contribution in [2.24, 2.45) is 5.92 Å². The molecule has 2 aromatic rings. The molecule has 0 bridgehead atoms. The zero-order valence-electron chi connectivity index (χ0n) is 14.7. The van der Waals surface area contributed by atoms with Gasteiger partial charge in [-0.3, -0.25) is 9.78 Å². The number of benzene rings is 1. The highest BCUT2D eigenvalue weighted by Gasteiger charge is 2.19. The average molecular weight is 345 g/mol. The van der Waals surface area contributed by atoms with Gasteiger partial charge >= 0.3 is 0 Å². The van der Waals surface area contributed by atoms with Crippen molar-refractivity contribution in [1.29, 1.82) is 0 Å². The first-order valence-electron chi connectivity index (χ1n) is 8.30. The number of halogens is 1. The van der Waals surface area contributed by atoms with E-state index in [-0.39, 0.29) is 36.8 Å². The Labute approximate surface area is 147 Å². The molecule has 6 heteroatoms. The Hall–Kier alpha value is -2.47. The molecule has 1 aromatic carbocycles. The van der Waals surface area contributed by atoms with E-state index in [1.807, 2.05) is 13.0 Å². The average Bonchev–Trinajstić information content (AvgIpc) is 2.59. The molecular weight excluding hydrogens is 321 g/mol. The molecule has 0 saturated carbocycles. The molecule has 1 heterocycles. The standard InChI is InChI=1S/C19H24FN3O2/c1-12(2)18(17-8-7-14(20)11-22-17)23-16-6-4-5-15(13(16)3)19(25)21-9-10-24/h4-8,11-12,18,23-24H,9-10H2,1-3H3,(H,21,25). The maximum atomic E-state index is 13.1. The van der Waals surface area contributed by atoms with Crippen LogP contribution in [0.25, 0.3) is 0 Å². The van der Waals surface area contributed by atoms with Crippen LogP contribution >= 0.6 is 0 Å². The summed E-state index contributed by atoms with van der Waals surface area (Å²) in [6.45, 7) is 6.08. The van der Waals surface area contributed by atoms with Crippen LogP contribution in [0.2, 0.25) is 0 Å². The molecule has 1 amide bonds. The van der Waals surface area contributed by atoms with Gasteiger partial charge in [0.25, 0.3) is 5.91 Å². The third-order valence-corrected chi connectivity index (χ3v) is 4.02. The number of anilines is 1. The molecule has 1 atom stereocenters. The predicted octanol–water partition coefficient (Wildman–Crippen LogP) is 3.06. The molecule has 3 N–H and O–H groups in total. The Bertz CT molecular complexity index is 717. The maximum Gasteiger partial charge on any atom is 0.251 e. The Balaban J connectivity index is 2.27. The van der Waals surface area contributed by atoms with Crippen molar-refractivity contribution in [2.75, 3.05) is 18.5 Å². The Morgan fingerprint density at radius 3 is 2.64 bits per heavy atom. The quantitative estimate of drug-likeness (QED) is 0.721. The third kappa shape index (κ3) is 4.76. The largest absolute Gasteiger partial charge is 0.395 e. The monoisotopic (exact) mass is 345 g/mol. The van der Waals surface area contributed by atoms with Gasteiger partial charge in [-0.05, 0) is 42.7 Å². The van der Waals surface area contributed by atoms with Crippen LogP contribution in [0.1, 0.15) is 41.5 Å². The van der Waals surface area contributed by atoms with Gasteiger partial charge in [-0.15, -0.1) is 0 Å². The van der Waals surface area contributed by atoms with E-state index in [1.54, 1.807) is 18.2 Å². The highest BCUT2D eigenvalue weighted by molar-refractivity contribution is 5.97. The number of hydrogen-bond donors (Lipinski definition) is 3. The number of carbonyl (C=O) groups is 1.